The molecule has 4 aromatic rings. The van der Waals surface area contributed by atoms with Gasteiger partial charge in [-0.05, 0) is 36.2 Å². The second-order valence-corrected chi connectivity index (χ2v) is 11.3. The number of hydrogen-bond donors (Lipinski definition) is 2. The number of benzene rings is 2. The summed E-state index contributed by atoms with van der Waals surface area (Å²) in [6.07, 6.45) is 3.08. The van der Waals surface area contributed by atoms with Gasteiger partial charge in [-0.3, -0.25) is 9.36 Å². The summed E-state index contributed by atoms with van der Waals surface area (Å²) in [5, 5.41) is 13.9. The Morgan fingerprint density at radius 2 is 2.11 bits per heavy atom. The maximum absolute atomic E-state index is 12.6. The van der Waals surface area contributed by atoms with Crippen molar-refractivity contribution in [2.45, 2.75) is 18.7 Å². The fraction of sp³-hybridized carbons (Fsp3) is 0.217. The molecule has 0 fully saturated rings. The number of fused-ring (bicyclic) bond motifs is 1. The Balaban J connectivity index is 1.65. The van der Waals surface area contributed by atoms with Crippen molar-refractivity contribution >= 4 is 62.9 Å². The van der Waals surface area contributed by atoms with Gasteiger partial charge in [-0.2, -0.15) is 0 Å². The fourth-order valence-electron chi connectivity index (χ4n) is 3.37. The zero-order chi connectivity index (χ0) is 25.1. The summed E-state index contributed by atoms with van der Waals surface area (Å²) in [4.78, 5) is 17.5. The van der Waals surface area contributed by atoms with Crippen LogP contribution >= 0.6 is 35.0 Å². The summed E-state index contributed by atoms with van der Waals surface area (Å²) in [5.74, 6) is 0.183. The second kappa shape index (κ2) is 11.1. The van der Waals surface area contributed by atoms with E-state index < -0.39 is 11.0 Å². The molecule has 0 saturated heterocycles. The van der Waals surface area contributed by atoms with Crippen molar-refractivity contribution in [2.24, 2.45) is 0 Å². The van der Waals surface area contributed by atoms with E-state index in [9.17, 15) is 14.2 Å². The zero-order valence-electron chi connectivity index (χ0n) is 19.1. The summed E-state index contributed by atoms with van der Waals surface area (Å²) < 4.78 is 20.2. The molecular weight excluding hydrogens is 528 g/mol. The molecule has 2 unspecified atom stereocenters. The van der Waals surface area contributed by atoms with Gasteiger partial charge in [-0.1, -0.05) is 35.9 Å². The van der Waals surface area contributed by atoms with Crippen LogP contribution in [0.3, 0.4) is 0 Å². The number of hydroxylamine groups is 1. The average Bonchev–Trinajstić information content (AvgIpc) is 3.46. The van der Waals surface area contributed by atoms with Crippen LogP contribution in [-0.4, -0.2) is 42.6 Å². The Hall–Kier alpha value is -2.41. The van der Waals surface area contributed by atoms with E-state index in [0.29, 0.717) is 15.6 Å². The van der Waals surface area contributed by atoms with Crippen molar-refractivity contribution in [3.05, 3.63) is 75.9 Å². The molecule has 12 heteroatoms. The normalized spacial score (nSPS) is 13.2. The minimum Gasteiger partial charge on any atom is -0.423 e. The van der Waals surface area contributed by atoms with Crippen molar-refractivity contribution in [3.63, 3.8) is 0 Å². The van der Waals surface area contributed by atoms with Crippen LogP contribution in [0.2, 0.25) is 5.02 Å². The molecule has 2 aromatic heterocycles. The number of amides is 1. The van der Waals surface area contributed by atoms with Crippen LogP contribution in [0.15, 0.2) is 54.9 Å². The summed E-state index contributed by atoms with van der Waals surface area (Å²) in [6, 6.07) is 14.9. The molecule has 184 valence electrons. The largest absolute Gasteiger partial charge is 0.423 e. The van der Waals surface area contributed by atoms with Crippen LogP contribution in [-0.2, 0) is 17.5 Å². The molecule has 0 radical (unpaired) electrons. The second-order valence-electron chi connectivity index (χ2n) is 7.57. The number of carbonyl (C=O) groups excluding carboxylic acids is 1. The van der Waals surface area contributed by atoms with Gasteiger partial charge in [0.2, 0.25) is 0 Å². The first-order valence-corrected chi connectivity index (χ1v) is 14.0. The molecule has 4 rings (SSSR count). The van der Waals surface area contributed by atoms with Crippen LogP contribution in [0.1, 0.15) is 33.0 Å². The maximum Gasteiger partial charge on any atom is 0.265 e. The van der Waals surface area contributed by atoms with Gasteiger partial charge in [0.25, 0.3) is 5.91 Å². The Bertz CT molecular complexity index is 1390. The monoisotopic (exact) mass is 550 g/mol. The molecule has 35 heavy (non-hydrogen) atoms. The van der Waals surface area contributed by atoms with E-state index in [1.54, 1.807) is 19.4 Å². The minimum atomic E-state index is -1.51. The highest BCUT2D eigenvalue weighted by molar-refractivity contribution is 7.95. The van der Waals surface area contributed by atoms with Gasteiger partial charge >= 0.3 is 0 Å². The van der Waals surface area contributed by atoms with Gasteiger partial charge < -0.3 is 14.7 Å². The number of nitrogens with one attached hydrogen (secondary N) is 1. The van der Waals surface area contributed by atoms with Crippen LogP contribution in [0.4, 0.5) is 0 Å². The van der Waals surface area contributed by atoms with Crippen LogP contribution in [0.5, 0.6) is 5.75 Å². The van der Waals surface area contributed by atoms with E-state index in [1.165, 1.54) is 29.6 Å². The summed E-state index contributed by atoms with van der Waals surface area (Å²) in [7, 11) is 0.0643. The third-order valence-electron chi connectivity index (χ3n) is 5.21. The molecule has 2 heterocycles. The van der Waals surface area contributed by atoms with E-state index in [0.717, 1.165) is 31.6 Å². The Morgan fingerprint density at radius 1 is 1.34 bits per heavy atom. The minimum absolute atomic E-state index is 0.0632. The van der Waals surface area contributed by atoms with E-state index in [2.05, 4.69) is 10.3 Å². The standard InChI is InChI=1S/C23H23ClN4O4S3/c1-14(16-6-4-5-7-17(16)24)34-32-20-11-21(33-22(20)23(29)25-2)27-13-26-18-9-8-15(10-19(18)27)12-28(30)35(3)31/h4-11,13-14,30H,12H2,1-3H3,(H,25,29). The highest BCUT2D eigenvalue weighted by Crippen LogP contribution is 2.39. The first-order valence-electron chi connectivity index (χ1n) is 10.5. The summed E-state index contributed by atoms with van der Waals surface area (Å²) >= 11 is 8.82. The highest BCUT2D eigenvalue weighted by atomic mass is 35.5. The number of rotatable bonds is 9. The number of thiophene rings is 1. The quantitative estimate of drug-likeness (QED) is 0.215. The van der Waals surface area contributed by atoms with Crippen LogP contribution in [0.25, 0.3) is 16.0 Å². The smallest absolute Gasteiger partial charge is 0.265 e. The molecule has 0 spiro atoms. The first kappa shape index (κ1) is 25.7. The van der Waals surface area contributed by atoms with Gasteiger partial charge in [-0.15, -0.1) is 15.8 Å². The van der Waals surface area contributed by atoms with Gasteiger partial charge in [0.15, 0.2) is 5.75 Å². The SMILES string of the molecule is CNC(=O)c1sc(-n2cnc3ccc(CN(O)S(C)=O)cc32)cc1OSC(C)c1ccccc1Cl. The molecule has 0 bridgehead atoms. The molecule has 2 aromatic carbocycles. The van der Waals surface area contributed by atoms with Crippen molar-refractivity contribution < 1.29 is 18.4 Å². The number of aromatic nitrogens is 2. The molecule has 0 saturated carbocycles. The van der Waals surface area contributed by atoms with Crippen LogP contribution in [0, 0.1) is 0 Å². The lowest BCUT2D eigenvalue weighted by atomic mass is 10.2. The lowest BCUT2D eigenvalue weighted by molar-refractivity contribution is 0.00258. The molecule has 0 aliphatic carbocycles. The van der Waals surface area contributed by atoms with Gasteiger partial charge in [0.05, 0.1) is 34.9 Å². The zero-order valence-corrected chi connectivity index (χ0v) is 22.3. The Labute approximate surface area is 218 Å². The Morgan fingerprint density at radius 3 is 2.83 bits per heavy atom. The number of imidazole rings is 1. The predicted octanol–water partition coefficient (Wildman–Crippen LogP) is 5.37. The lowest BCUT2D eigenvalue weighted by Crippen LogP contribution is -2.20. The number of halogens is 1. The lowest BCUT2D eigenvalue weighted by Gasteiger charge is -2.13. The van der Waals surface area contributed by atoms with Crippen molar-refractivity contribution in [3.8, 4) is 10.8 Å². The molecule has 2 N–H and O–H groups in total. The molecule has 0 aliphatic heterocycles. The Kier molecular flexibility index (Phi) is 8.15. The number of carbonyl (C=O) groups is 1. The van der Waals surface area contributed by atoms with Gasteiger partial charge in [0.1, 0.15) is 27.2 Å². The van der Waals surface area contributed by atoms with Crippen molar-refractivity contribution in [1.29, 1.82) is 0 Å². The topological polar surface area (TPSA) is 96.7 Å². The van der Waals surface area contributed by atoms with E-state index in [4.69, 9.17) is 15.8 Å². The van der Waals surface area contributed by atoms with E-state index >= 15 is 0 Å². The van der Waals surface area contributed by atoms with Crippen molar-refractivity contribution in [1.82, 2.24) is 19.3 Å². The first-order chi connectivity index (χ1) is 16.8. The summed E-state index contributed by atoms with van der Waals surface area (Å²) in [6.45, 7) is 2.08. The van der Waals surface area contributed by atoms with Crippen LogP contribution < -0.4 is 9.50 Å². The average molecular weight is 551 g/mol. The predicted molar refractivity (Wildman–Crippen MR) is 142 cm³/mol. The van der Waals surface area contributed by atoms with E-state index in [-0.39, 0.29) is 17.7 Å². The van der Waals surface area contributed by atoms with Crippen molar-refractivity contribution in [2.75, 3.05) is 13.3 Å². The molecular formula is C23H23ClN4O4S3. The maximum atomic E-state index is 12.6. The van der Waals surface area contributed by atoms with Gasteiger partial charge in [-0.25, -0.2) is 9.19 Å². The number of hydrogen-bond acceptors (Lipinski definition) is 7. The third-order valence-corrected chi connectivity index (χ3v) is 8.21. The molecule has 2 atom stereocenters. The summed E-state index contributed by atoms with van der Waals surface area (Å²) in [5.41, 5.74) is 3.23. The van der Waals surface area contributed by atoms with Gasteiger partial charge in [0, 0.05) is 24.4 Å². The third kappa shape index (κ3) is 5.71. The number of nitrogens with zero attached hydrogens (tertiary/aromatic N) is 3. The molecule has 0 aliphatic rings. The highest BCUT2D eigenvalue weighted by Gasteiger charge is 2.21. The molecule has 1 amide bonds. The molecule has 8 nitrogen and oxygen atoms in total. The van der Waals surface area contributed by atoms with E-state index in [1.807, 2.05) is 54.0 Å². The fourth-order valence-corrected chi connectivity index (χ4v) is 5.82.